The van der Waals surface area contributed by atoms with Gasteiger partial charge in [-0.3, -0.25) is 4.68 Å². The van der Waals surface area contributed by atoms with Crippen LogP contribution in [0.5, 0.6) is 5.75 Å². The maximum atomic E-state index is 14.0. The second-order valence-corrected chi connectivity index (χ2v) is 4.13. The van der Waals surface area contributed by atoms with Gasteiger partial charge in [0.15, 0.2) is 6.79 Å². The average molecular weight is 249 g/mol. The summed E-state index contributed by atoms with van der Waals surface area (Å²) in [5.41, 5.74) is 7.26. The van der Waals surface area contributed by atoms with Crippen molar-refractivity contribution in [3.05, 3.63) is 29.6 Å². The van der Waals surface area contributed by atoms with Gasteiger partial charge in [-0.25, -0.2) is 4.39 Å². The minimum absolute atomic E-state index is 0.183. The molecule has 0 saturated carbocycles. The van der Waals surface area contributed by atoms with E-state index < -0.39 is 0 Å². The first kappa shape index (κ1) is 11.0. The summed E-state index contributed by atoms with van der Waals surface area (Å²) in [4.78, 5) is 0. The standard InChI is InChI=1S/C12H12FN3O2/c1-16-12(14)4-10(15-16)8-3-11-7(2-9(8)13)5-17-6-18-11/h2-4H,5-6,14H2,1H3. The average Bonchev–Trinajstić information content (AvgIpc) is 2.68. The van der Waals surface area contributed by atoms with Crippen molar-refractivity contribution in [1.82, 2.24) is 9.78 Å². The zero-order valence-electron chi connectivity index (χ0n) is 9.81. The summed E-state index contributed by atoms with van der Waals surface area (Å²) in [5, 5.41) is 4.16. The third-order valence-electron chi connectivity index (χ3n) is 2.90. The highest BCUT2D eigenvalue weighted by molar-refractivity contribution is 5.66. The Morgan fingerprint density at radius 1 is 1.39 bits per heavy atom. The van der Waals surface area contributed by atoms with E-state index in [0.717, 1.165) is 0 Å². The van der Waals surface area contributed by atoms with E-state index in [2.05, 4.69) is 5.10 Å². The lowest BCUT2D eigenvalue weighted by Gasteiger charge is -2.18. The van der Waals surface area contributed by atoms with Crippen molar-refractivity contribution in [2.75, 3.05) is 12.5 Å². The van der Waals surface area contributed by atoms with Crippen molar-refractivity contribution in [3.63, 3.8) is 0 Å². The van der Waals surface area contributed by atoms with Gasteiger partial charge in [-0.1, -0.05) is 0 Å². The number of rotatable bonds is 1. The van der Waals surface area contributed by atoms with Gasteiger partial charge in [0.1, 0.15) is 17.4 Å². The number of nitrogen functional groups attached to an aromatic ring is 1. The Balaban J connectivity index is 2.11. The molecule has 0 amide bonds. The van der Waals surface area contributed by atoms with E-state index >= 15 is 0 Å². The number of fused-ring (bicyclic) bond motifs is 1. The number of nitrogens with two attached hydrogens (primary N) is 1. The molecule has 0 unspecified atom stereocenters. The van der Waals surface area contributed by atoms with Gasteiger partial charge in [0.2, 0.25) is 0 Å². The van der Waals surface area contributed by atoms with E-state index in [0.29, 0.717) is 35.0 Å². The second kappa shape index (κ2) is 3.99. The zero-order chi connectivity index (χ0) is 12.7. The predicted molar refractivity (Wildman–Crippen MR) is 63.3 cm³/mol. The molecule has 2 N–H and O–H groups in total. The van der Waals surface area contributed by atoms with Crippen LogP contribution in [0.4, 0.5) is 10.2 Å². The highest BCUT2D eigenvalue weighted by Crippen LogP contribution is 2.32. The van der Waals surface area contributed by atoms with Gasteiger partial charge < -0.3 is 15.2 Å². The minimum atomic E-state index is -0.360. The molecule has 2 heterocycles. The minimum Gasteiger partial charge on any atom is -0.467 e. The van der Waals surface area contributed by atoms with Gasteiger partial charge in [0.25, 0.3) is 0 Å². The number of aryl methyl sites for hydroxylation is 1. The Morgan fingerprint density at radius 2 is 2.22 bits per heavy atom. The maximum absolute atomic E-state index is 14.0. The maximum Gasteiger partial charge on any atom is 0.189 e. The third-order valence-corrected chi connectivity index (χ3v) is 2.90. The smallest absolute Gasteiger partial charge is 0.189 e. The summed E-state index contributed by atoms with van der Waals surface area (Å²) in [7, 11) is 1.71. The third kappa shape index (κ3) is 1.70. The number of benzene rings is 1. The number of halogens is 1. The molecule has 0 saturated heterocycles. The van der Waals surface area contributed by atoms with Crippen molar-refractivity contribution in [1.29, 1.82) is 0 Å². The second-order valence-electron chi connectivity index (χ2n) is 4.13. The number of ether oxygens (including phenoxy) is 2. The normalized spacial score (nSPS) is 14.1. The van der Waals surface area contributed by atoms with E-state index in [4.69, 9.17) is 15.2 Å². The van der Waals surface area contributed by atoms with E-state index in [1.165, 1.54) is 10.7 Å². The molecule has 0 spiro atoms. The van der Waals surface area contributed by atoms with Crippen LogP contribution < -0.4 is 10.5 Å². The Labute approximate surface area is 103 Å². The first-order chi connectivity index (χ1) is 8.65. The monoisotopic (exact) mass is 249 g/mol. The van der Waals surface area contributed by atoms with Crippen molar-refractivity contribution in [2.45, 2.75) is 6.61 Å². The number of hydrogen-bond acceptors (Lipinski definition) is 4. The van der Waals surface area contributed by atoms with Gasteiger partial charge in [-0.2, -0.15) is 5.10 Å². The fourth-order valence-corrected chi connectivity index (χ4v) is 1.91. The summed E-state index contributed by atoms with van der Waals surface area (Å²) < 4.78 is 25.9. The van der Waals surface area contributed by atoms with Crippen molar-refractivity contribution >= 4 is 5.82 Å². The van der Waals surface area contributed by atoms with Crippen LogP contribution in [-0.4, -0.2) is 16.6 Å². The Kier molecular flexibility index (Phi) is 2.45. The first-order valence-electron chi connectivity index (χ1n) is 5.48. The van der Waals surface area contributed by atoms with E-state index in [1.807, 2.05) is 0 Å². The molecule has 5 nitrogen and oxygen atoms in total. The van der Waals surface area contributed by atoms with Crippen LogP contribution in [0.3, 0.4) is 0 Å². The van der Waals surface area contributed by atoms with Gasteiger partial charge in [0, 0.05) is 24.2 Å². The van der Waals surface area contributed by atoms with Crippen LogP contribution in [0.2, 0.25) is 0 Å². The lowest BCUT2D eigenvalue weighted by Crippen LogP contribution is -2.11. The zero-order valence-corrected chi connectivity index (χ0v) is 9.81. The molecule has 6 heteroatoms. The predicted octanol–water partition coefficient (Wildman–Crippen LogP) is 1.67. The highest BCUT2D eigenvalue weighted by atomic mass is 19.1. The number of anilines is 1. The summed E-state index contributed by atoms with van der Waals surface area (Å²) in [6.45, 7) is 0.541. The van der Waals surface area contributed by atoms with Gasteiger partial charge in [0.05, 0.1) is 12.3 Å². The molecule has 0 aliphatic carbocycles. The molecule has 1 aromatic heterocycles. The lowest BCUT2D eigenvalue weighted by atomic mass is 10.1. The summed E-state index contributed by atoms with van der Waals surface area (Å²) in [5.74, 6) is 0.745. The van der Waals surface area contributed by atoms with E-state index in [1.54, 1.807) is 19.2 Å². The molecule has 0 fully saturated rings. The van der Waals surface area contributed by atoms with E-state index in [9.17, 15) is 4.39 Å². The summed E-state index contributed by atoms with van der Waals surface area (Å²) in [6, 6.07) is 4.67. The first-order valence-corrected chi connectivity index (χ1v) is 5.48. The van der Waals surface area contributed by atoms with Crippen LogP contribution in [-0.2, 0) is 18.4 Å². The van der Waals surface area contributed by atoms with Crippen LogP contribution in [0.1, 0.15) is 5.56 Å². The van der Waals surface area contributed by atoms with Crippen LogP contribution in [0.25, 0.3) is 11.3 Å². The van der Waals surface area contributed by atoms with Crippen LogP contribution >= 0.6 is 0 Å². The fourth-order valence-electron chi connectivity index (χ4n) is 1.91. The molecule has 18 heavy (non-hydrogen) atoms. The molecule has 3 rings (SSSR count). The number of nitrogens with zero attached hydrogens (tertiary/aromatic N) is 2. The molecule has 0 radical (unpaired) electrons. The van der Waals surface area contributed by atoms with Crippen LogP contribution in [0.15, 0.2) is 18.2 Å². The molecule has 0 bridgehead atoms. The van der Waals surface area contributed by atoms with Crippen molar-refractivity contribution in [2.24, 2.45) is 7.05 Å². The molecular weight excluding hydrogens is 237 g/mol. The van der Waals surface area contributed by atoms with Crippen molar-refractivity contribution in [3.8, 4) is 17.0 Å². The van der Waals surface area contributed by atoms with Gasteiger partial charge in [-0.05, 0) is 12.1 Å². The lowest BCUT2D eigenvalue weighted by molar-refractivity contribution is -0.0165. The molecular formula is C12H12FN3O2. The molecule has 1 aromatic carbocycles. The topological polar surface area (TPSA) is 62.3 Å². The summed E-state index contributed by atoms with van der Waals surface area (Å²) in [6.07, 6.45) is 0. The Bertz CT molecular complexity index is 590. The van der Waals surface area contributed by atoms with E-state index in [-0.39, 0.29) is 12.6 Å². The Hall–Kier alpha value is -2.08. The molecule has 0 atom stereocenters. The quantitative estimate of drug-likeness (QED) is 0.835. The molecule has 1 aliphatic rings. The molecule has 2 aromatic rings. The molecule has 94 valence electrons. The number of aromatic nitrogens is 2. The van der Waals surface area contributed by atoms with Crippen molar-refractivity contribution < 1.29 is 13.9 Å². The Morgan fingerprint density at radius 3 is 2.94 bits per heavy atom. The highest BCUT2D eigenvalue weighted by Gasteiger charge is 2.17. The largest absolute Gasteiger partial charge is 0.467 e. The van der Waals surface area contributed by atoms with Crippen LogP contribution in [0, 0.1) is 5.82 Å². The SMILES string of the molecule is Cn1nc(-c2cc3c(cc2F)COCO3)cc1N. The molecule has 1 aliphatic heterocycles. The fraction of sp³-hybridized carbons (Fsp3) is 0.250. The van der Waals surface area contributed by atoms with Gasteiger partial charge >= 0.3 is 0 Å². The summed E-state index contributed by atoms with van der Waals surface area (Å²) >= 11 is 0. The number of hydrogen-bond donors (Lipinski definition) is 1. The van der Waals surface area contributed by atoms with Gasteiger partial charge in [-0.15, -0.1) is 0 Å².